The quantitative estimate of drug-likeness (QED) is 0.668. The van der Waals surface area contributed by atoms with Gasteiger partial charge in [-0.25, -0.2) is 4.39 Å². The zero-order chi connectivity index (χ0) is 24.7. The third kappa shape index (κ3) is 4.91. The molecule has 9 heteroatoms. The highest BCUT2D eigenvalue weighted by atomic mass is 19.1. The molecule has 0 spiro atoms. The van der Waals surface area contributed by atoms with E-state index in [-0.39, 0.29) is 36.4 Å². The number of morpholine rings is 1. The third-order valence-electron chi connectivity index (χ3n) is 7.23. The maximum absolute atomic E-state index is 13.8. The van der Waals surface area contributed by atoms with Crippen LogP contribution >= 0.6 is 0 Å². The Morgan fingerprint density at radius 2 is 1.74 bits per heavy atom. The third-order valence-corrected chi connectivity index (χ3v) is 7.23. The van der Waals surface area contributed by atoms with Crippen LogP contribution in [-0.2, 0) is 28.9 Å². The van der Waals surface area contributed by atoms with Gasteiger partial charge >= 0.3 is 0 Å². The van der Waals surface area contributed by atoms with E-state index in [1.165, 1.54) is 6.07 Å². The fourth-order valence-corrected chi connectivity index (χ4v) is 5.65. The van der Waals surface area contributed by atoms with Gasteiger partial charge in [-0.3, -0.25) is 14.3 Å². The monoisotopic (exact) mass is 483 g/mol. The van der Waals surface area contributed by atoms with Crippen LogP contribution in [0.5, 0.6) is 0 Å². The summed E-state index contributed by atoms with van der Waals surface area (Å²) in [5.41, 5.74) is 4.26. The molecule has 0 N–H and O–H groups in total. The van der Waals surface area contributed by atoms with Gasteiger partial charge in [0.05, 0.1) is 12.2 Å². The molecule has 2 saturated heterocycles. The molecule has 0 bridgehead atoms. The van der Waals surface area contributed by atoms with Crippen molar-refractivity contribution >= 4 is 17.5 Å². The fourth-order valence-electron chi connectivity index (χ4n) is 5.65. The lowest BCUT2D eigenvalue weighted by Crippen LogP contribution is -2.49. The molecule has 188 valence electrons. The Morgan fingerprint density at radius 1 is 1.03 bits per heavy atom. The Labute approximate surface area is 205 Å². The lowest BCUT2D eigenvalue weighted by Gasteiger charge is -2.36. The number of rotatable bonds is 4. The largest absolute Gasteiger partial charge is 0.372 e. The van der Waals surface area contributed by atoms with Gasteiger partial charge in [-0.05, 0) is 63.8 Å². The zero-order valence-electron chi connectivity index (χ0n) is 20.8. The number of fused-ring (bicyclic) bond motifs is 1. The van der Waals surface area contributed by atoms with E-state index in [1.54, 1.807) is 10.7 Å². The summed E-state index contributed by atoms with van der Waals surface area (Å²) in [5, 5.41) is 4.66. The molecule has 3 heterocycles. The van der Waals surface area contributed by atoms with Crippen LogP contribution in [0.4, 0.5) is 10.1 Å². The molecule has 0 radical (unpaired) electrons. The van der Waals surface area contributed by atoms with Crippen LogP contribution in [-0.4, -0.2) is 82.9 Å². The summed E-state index contributed by atoms with van der Waals surface area (Å²) < 4.78 is 21.4. The highest BCUT2D eigenvalue weighted by Gasteiger charge is 2.33. The van der Waals surface area contributed by atoms with E-state index in [2.05, 4.69) is 10.00 Å². The second-order valence-corrected chi connectivity index (χ2v) is 10.1. The van der Waals surface area contributed by atoms with E-state index in [0.717, 1.165) is 41.8 Å². The molecular weight excluding hydrogens is 449 g/mol. The molecule has 3 aliphatic rings. The summed E-state index contributed by atoms with van der Waals surface area (Å²) >= 11 is 0. The average molecular weight is 484 g/mol. The lowest BCUT2D eigenvalue weighted by atomic mass is 10.1. The average Bonchev–Trinajstić information content (AvgIpc) is 3.41. The Kier molecular flexibility index (Phi) is 6.53. The van der Waals surface area contributed by atoms with Crippen LogP contribution in [0.3, 0.4) is 0 Å². The highest BCUT2D eigenvalue weighted by molar-refractivity contribution is 5.94. The topological polar surface area (TPSA) is 70.9 Å². The summed E-state index contributed by atoms with van der Waals surface area (Å²) in [6.07, 6.45) is 2.63. The Hall–Kier alpha value is -2.94. The van der Waals surface area contributed by atoms with E-state index in [1.807, 2.05) is 36.6 Å². The number of piperazine rings is 1. The van der Waals surface area contributed by atoms with Crippen LogP contribution < -0.4 is 4.90 Å². The molecule has 1 aromatic heterocycles. The first-order chi connectivity index (χ1) is 16.8. The maximum atomic E-state index is 13.8. The van der Waals surface area contributed by atoms with Gasteiger partial charge in [-0.15, -0.1) is 0 Å². The summed E-state index contributed by atoms with van der Waals surface area (Å²) in [7, 11) is 0. The second-order valence-electron chi connectivity index (χ2n) is 10.1. The van der Waals surface area contributed by atoms with Gasteiger partial charge in [-0.2, -0.15) is 5.10 Å². The standard InChI is InChI=1S/C26H34FN5O3/c1-17-11-20(27)13-21(12-17)29-7-9-30(10-8-29)24(33)16-32-23-6-4-5-22(23)25(28-32)26(34)31-14-18(2)35-19(3)15-31/h11-13,18-19H,4-10,14-16H2,1-3H3/t18-,19+. The van der Waals surface area contributed by atoms with Crippen molar-refractivity contribution in [3.63, 3.8) is 0 Å². The first-order valence-corrected chi connectivity index (χ1v) is 12.6. The van der Waals surface area contributed by atoms with Gasteiger partial charge in [0.15, 0.2) is 5.69 Å². The molecule has 8 nitrogen and oxygen atoms in total. The van der Waals surface area contributed by atoms with E-state index in [9.17, 15) is 14.0 Å². The van der Waals surface area contributed by atoms with E-state index < -0.39 is 0 Å². The van der Waals surface area contributed by atoms with Gasteiger partial charge in [-0.1, -0.05) is 0 Å². The Morgan fingerprint density at radius 3 is 2.43 bits per heavy atom. The molecule has 0 unspecified atom stereocenters. The normalized spacial score (nSPS) is 22.5. The van der Waals surface area contributed by atoms with Gasteiger partial charge in [0.25, 0.3) is 5.91 Å². The molecular formula is C26H34FN5O3. The van der Waals surface area contributed by atoms with Crippen molar-refractivity contribution in [2.75, 3.05) is 44.2 Å². The fraction of sp³-hybridized carbons (Fsp3) is 0.577. The first kappa shape index (κ1) is 23.8. The number of halogens is 1. The predicted molar refractivity (Wildman–Crippen MR) is 130 cm³/mol. The highest BCUT2D eigenvalue weighted by Crippen LogP contribution is 2.27. The van der Waals surface area contributed by atoms with Crippen molar-refractivity contribution < 1.29 is 18.7 Å². The summed E-state index contributed by atoms with van der Waals surface area (Å²) in [5.74, 6) is -0.294. The van der Waals surface area contributed by atoms with E-state index in [0.29, 0.717) is 45.0 Å². The number of nitrogens with zero attached hydrogens (tertiary/aromatic N) is 5. The van der Waals surface area contributed by atoms with Crippen LogP contribution in [0.1, 0.15) is 47.6 Å². The number of aryl methyl sites for hydroxylation is 1. The van der Waals surface area contributed by atoms with Crippen molar-refractivity contribution in [1.82, 2.24) is 19.6 Å². The van der Waals surface area contributed by atoms with Gasteiger partial charge < -0.3 is 19.4 Å². The maximum Gasteiger partial charge on any atom is 0.274 e. The zero-order valence-corrected chi connectivity index (χ0v) is 20.8. The molecule has 5 rings (SSSR count). The van der Waals surface area contributed by atoms with Gasteiger partial charge in [0.1, 0.15) is 12.4 Å². The molecule has 1 aliphatic carbocycles. The van der Waals surface area contributed by atoms with Crippen molar-refractivity contribution in [3.05, 3.63) is 46.5 Å². The van der Waals surface area contributed by atoms with Crippen molar-refractivity contribution in [1.29, 1.82) is 0 Å². The van der Waals surface area contributed by atoms with Crippen molar-refractivity contribution in [3.8, 4) is 0 Å². The van der Waals surface area contributed by atoms with E-state index in [4.69, 9.17) is 4.74 Å². The molecule has 0 saturated carbocycles. The van der Waals surface area contributed by atoms with Crippen LogP contribution in [0.15, 0.2) is 18.2 Å². The molecule has 2 fully saturated rings. The number of ether oxygens (including phenoxy) is 1. The predicted octanol–water partition coefficient (Wildman–Crippen LogP) is 2.42. The number of benzene rings is 1. The number of aromatic nitrogens is 2. The SMILES string of the molecule is Cc1cc(F)cc(N2CCN(C(=O)Cn3nc(C(=O)N4C[C@@H](C)O[C@@H](C)C4)c4c3CCC4)CC2)c1. The molecule has 1 aromatic carbocycles. The molecule has 2 atom stereocenters. The molecule has 2 aromatic rings. The van der Waals surface area contributed by atoms with Gasteiger partial charge in [0.2, 0.25) is 5.91 Å². The number of amides is 2. The minimum atomic E-state index is -0.239. The number of anilines is 1. The van der Waals surface area contributed by atoms with Crippen molar-refractivity contribution in [2.45, 2.75) is 58.8 Å². The molecule has 2 amide bonds. The summed E-state index contributed by atoms with van der Waals surface area (Å²) in [4.78, 5) is 32.3. The smallest absolute Gasteiger partial charge is 0.274 e. The van der Waals surface area contributed by atoms with Crippen LogP contribution in [0, 0.1) is 12.7 Å². The minimum absolute atomic E-state index is 0.00453. The number of carbonyl (C=O) groups excluding carboxylic acids is 2. The minimum Gasteiger partial charge on any atom is -0.372 e. The van der Waals surface area contributed by atoms with E-state index >= 15 is 0 Å². The molecule has 2 aliphatic heterocycles. The Bertz CT molecular complexity index is 1090. The molecule has 35 heavy (non-hydrogen) atoms. The van der Waals surface area contributed by atoms with Crippen molar-refractivity contribution in [2.24, 2.45) is 0 Å². The van der Waals surface area contributed by atoms with Gasteiger partial charge in [0, 0.05) is 56.2 Å². The number of carbonyl (C=O) groups is 2. The number of hydrogen-bond acceptors (Lipinski definition) is 5. The van der Waals surface area contributed by atoms with Crippen LogP contribution in [0.2, 0.25) is 0 Å². The first-order valence-electron chi connectivity index (χ1n) is 12.6. The second kappa shape index (κ2) is 9.60. The summed E-state index contributed by atoms with van der Waals surface area (Å²) in [6.45, 7) is 9.56. The number of hydrogen-bond donors (Lipinski definition) is 0. The lowest BCUT2D eigenvalue weighted by molar-refractivity contribution is -0.132. The Balaban J connectivity index is 1.25. The van der Waals surface area contributed by atoms with Crippen LogP contribution in [0.25, 0.3) is 0 Å². The summed E-state index contributed by atoms with van der Waals surface area (Å²) in [6, 6.07) is 5.04.